The third-order valence-corrected chi connectivity index (χ3v) is 2.75. The number of ketones is 1. The Kier molecular flexibility index (Phi) is 6.68. The van der Waals surface area contributed by atoms with E-state index in [9.17, 15) is 24.6 Å². The Balaban J connectivity index is 2.73. The molecule has 120 valence electrons. The second kappa shape index (κ2) is 8.26. The molecule has 1 aliphatic carbocycles. The van der Waals surface area contributed by atoms with E-state index in [2.05, 4.69) is 4.74 Å². The maximum Gasteiger partial charge on any atom is 0.303 e. The zero-order valence-corrected chi connectivity index (χ0v) is 12.3. The molecule has 0 saturated carbocycles. The normalized spacial score (nSPS) is 22.1. The molecular weight excluding hydrogens is 292 g/mol. The maximum atomic E-state index is 11.4. The first-order valence-electron chi connectivity index (χ1n) is 6.59. The Hall–Kier alpha value is -2.25. The second-order valence-electron chi connectivity index (χ2n) is 4.62. The standard InChI is InChI=1S/C15H18O7/c1-9(16)21-8-14(20)15(22-10(2)17)5-3-4-11-12(18)6-7-13(11)19/h3-7,12,14-15,18,20H,8H2,1-2H3. The number of hydrogen-bond donors (Lipinski definition) is 2. The van der Waals surface area contributed by atoms with Crippen molar-refractivity contribution in [2.24, 2.45) is 0 Å². The Bertz CT molecular complexity index is 530. The summed E-state index contributed by atoms with van der Waals surface area (Å²) in [6.07, 6.45) is 3.41. The molecular formula is C15H18O7. The highest BCUT2D eigenvalue weighted by Gasteiger charge is 2.22. The number of esters is 2. The summed E-state index contributed by atoms with van der Waals surface area (Å²) in [6.45, 7) is 2.03. The number of aliphatic hydroxyl groups is 2. The van der Waals surface area contributed by atoms with Gasteiger partial charge in [-0.2, -0.15) is 0 Å². The SMILES string of the molecule is CC(=O)OCC(O)C(C=CC=C1C(=O)C=CC1O)OC(C)=O. The van der Waals surface area contributed by atoms with Gasteiger partial charge in [0, 0.05) is 19.4 Å². The molecule has 0 heterocycles. The molecule has 1 rings (SSSR count). The van der Waals surface area contributed by atoms with E-state index in [-0.39, 0.29) is 18.0 Å². The van der Waals surface area contributed by atoms with Gasteiger partial charge in [-0.1, -0.05) is 12.2 Å². The van der Waals surface area contributed by atoms with Gasteiger partial charge in [0.25, 0.3) is 0 Å². The summed E-state index contributed by atoms with van der Waals surface area (Å²) in [4.78, 5) is 33.1. The second-order valence-corrected chi connectivity index (χ2v) is 4.62. The topological polar surface area (TPSA) is 110 Å². The summed E-state index contributed by atoms with van der Waals surface area (Å²) >= 11 is 0. The summed E-state index contributed by atoms with van der Waals surface area (Å²) in [6, 6.07) is 0. The van der Waals surface area contributed by atoms with Crippen LogP contribution >= 0.6 is 0 Å². The van der Waals surface area contributed by atoms with Crippen LogP contribution < -0.4 is 0 Å². The van der Waals surface area contributed by atoms with Crippen molar-refractivity contribution in [1.82, 2.24) is 0 Å². The van der Waals surface area contributed by atoms with Crippen LogP contribution in [0.1, 0.15) is 13.8 Å². The molecule has 0 fully saturated rings. The smallest absolute Gasteiger partial charge is 0.303 e. The Morgan fingerprint density at radius 1 is 1.36 bits per heavy atom. The first-order chi connectivity index (χ1) is 10.3. The number of carbonyl (C=O) groups is 3. The van der Waals surface area contributed by atoms with Gasteiger partial charge < -0.3 is 19.7 Å². The maximum absolute atomic E-state index is 11.4. The molecule has 22 heavy (non-hydrogen) atoms. The molecule has 0 amide bonds. The summed E-state index contributed by atoms with van der Waals surface area (Å²) in [5.74, 6) is -1.51. The van der Waals surface area contributed by atoms with E-state index < -0.39 is 30.3 Å². The van der Waals surface area contributed by atoms with Gasteiger partial charge in [0.2, 0.25) is 0 Å². The van der Waals surface area contributed by atoms with E-state index in [1.165, 1.54) is 44.2 Å². The molecule has 1 aliphatic rings. The Labute approximate surface area is 127 Å². The lowest BCUT2D eigenvalue weighted by Gasteiger charge is -2.19. The lowest BCUT2D eigenvalue weighted by atomic mass is 10.1. The monoisotopic (exact) mass is 310 g/mol. The fourth-order valence-electron chi connectivity index (χ4n) is 1.71. The van der Waals surface area contributed by atoms with Crippen LogP contribution in [0.5, 0.6) is 0 Å². The highest BCUT2D eigenvalue weighted by molar-refractivity contribution is 6.08. The van der Waals surface area contributed by atoms with Gasteiger partial charge in [0.1, 0.15) is 24.9 Å². The van der Waals surface area contributed by atoms with E-state index in [4.69, 9.17) is 4.74 Å². The zero-order valence-electron chi connectivity index (χ0n) is 12.3. The molecule has 0 aromatic heterocycles. The minimum Gasteiger partial charge on any atom is -0.463 e. The lowest BCUT2D eigenvalue weighted by Crippen LogP contribution is -2.33. The van der Waals surface area contributed by atoms with Gasteiger partial charge in [0.15, 0.2) is 5.78 Å². The van der Waals surface area contributed by atoms with E-state index >= 15 is 0 Å². The molecule has 0 aromatic carbocycles. The zero-order chi connectivity index (χ0) is 16.7. The van der Waals surface area contributed by atoms with Crippen LogP contribution in [-0.2, 0) is 23.9 Å². The summed E-state index contributed by atoms with van der Waals surface area (Å²) < 4.78 is 9.55. The van der Waals surface area contributed by atoms with E-state index in [1.54, 1.807) is 0 Å². The predicted octanol–water partition coefficient (Wildman–Crippen LogP) is -0.176. The van der Waals surface area contributed by atoms with Gasteiger partial charge in [0.05, 0.1) is 0 Å². The molecule has 0 radical (unpaired) electrons. The van der Waals surface area contributed by atoms with Crippen LogP contribution in [0.25, 0.3) is 0 Å². The largest absolute Gasteiger partial charge is 0.463 e. The molecule has 0 spiro atoms. The lowest BCUT2D eigenvalue weighted by molar-refractivity contribution is -0.154. The van der Waals surface area contributed by atoms with Gasteiger partial charge in [-0.05, 0) is 18.2 Å². The van der Waals surface area contributed by atoms with Crippen molar-refractivity contribution in [2.45, 2.75) is 32.2 Å². The molecule has 7 heteroatoms. The minimum absolute atomic E-state index is 0.173. The molecule has 7 nitrogen and oxygen atoms in total. The fraction of sp³-hybridized carbons (Fsp3) is 0.400. The molecule has 0 bridgehead atoms. The third-order valence-electron chi connectivity index (χ3n) is 2.75. The first kappa shape index (κ1) is 17.8. The highest BCUT2D eigenvalue weighted by Crippen LogP contribution is 2.14. The number of aliphatic hydroxyl groups excluding tert-OH is 2. The van der Waals surface area contributed by atoms with E-state index in [0.717, 1.165) is 0 Å². The van der Waals surface area contributed by atoms with Crippen LogP contribution in [0.3, 0.4) is 0 Å². The van der Waals surface area contributed by atoms with Gasteiger partial charge >= 0.3 is 11.9 Å². The average molecular weight is 310 g/mol. The number of rotatable bonds is 6. The van der Waals surface area contributed by atoms with E-state index in [0.29, 0.717) is 0 Å². The summed E-state index contributed by atoms with van der Waals surface area (Å²) in [5.41, 5.74) is 0.173. The Morgan fingerprint density at radius 2 is 2.05 bits per heavy atom. The van der Waals surface area contributed by atoms with Crippen molar-refractivity contribution in [3.63, 3.8) is 0 Å². The van der Waals surface area contributed by atoms with Crippen LogP contribution in [0.15, 0.2) is 36.0 Å². The van der Waals surface area contributed by atoms with E-state index in [1.807, 2.05) is 0 Å². The van der Waals surface area contributed by atoms with Crippen molar-refractivity contribution < 1.29 is 34.1 Å². The predicted molar refractivity (Wildman–Crippen MR) is 75.6 cm³/mol. The van der Waals surface area contributed by atoms with Crippen LogP contribution in [0.2, 0.25) is 0 Å². The van der Waals surface area contributed by atoms with Crippen LogP contribution in [0.4, 0.5) is 0 Å². The third kappa shape index (κ3) is 5.63. The number of ether oxygens (including phenoxy) is 2. The van der Waals surface area contributed by atoms with Crippen molar-refractivity contribution in [3.8, 4) is 0 Å². The number of allylic oxidation sites excluding steroid dienone is 3. The number of carbonyl (C=O) groups excluding carboxylic acids is 3. The van der Waals surface area contributed by atoms with Crippen molar-refractivity contribution in [2.75, 3.05) is 6.61 Å². The summed E-state index contributed by atoms with van der Waals surface area (Å²) in [5, 5.41) is 19.4. The molecule has 2 N–H and O–H groups in total. The highest BCUT2D eigenvalue weighted by atomic mass is 16.6. The van der Waals surface area contributed by atoms with Crippen molar-refractivity contribution in [3.05, 3.63) is 36.0 Å². The number of hydrogen-bond acceptors (Lipinski definition) is 7. The first-order valence-corrected chi connectivity index (χ1v) is 6.59. The minimum atomic E-state index is -1.25. The molecule has 0 saturated heterocycles. The molecule has 3 unspecified atom stereocenters. The van der Waals surface area contributed by atoms with Gasteiger partial charge in [-0.15, -0.1) is 0 Å². The molecule has 0 aromatic rings. The fourth-order valence-corrected chi connectivity index (χ4v) is 1.71. The van der Waals surface area contributed by atoms with Crippen molar-refractivity contribution >= 4 is 17.7 Å². The molecule has 0 aliphatic heterocycles. The van der Waals surface area contributed by atoms with Crippen molar-refractivity contribution in [1.29, 1.82) is 0 Å². The Morgan fingerprint density at radius 3 is 2.55 bits per heavy atom. The van der Waals surface area contributed by atoms with Crippen LogP contribution in [0, 0.1) is 0 Å². The molecule has 3 atom stereocenters. The quantitative estimate of drug-likeness (QED) is 0.517. The van der Waals surface area contributed by atoms with Gasteiger partial charge in [-0.25, -0.2) is 0 Å². The average Bonchev–Trinajstić information content (AvgIpc) is 2.74. The van der Waals surface area contributed by atoms with Crippen LogP contribution in [-0.4, -0.2) is 52.9 Å². The van der Waals surface area contributed by atoms with Gasteiger partial charge in [-0.3, -0.25) is 14.4 Å². The summed E-state index contributed by atoms with van der Waals surface area (Å²) in [7, 11) is 0.